The molecule has 3 aromatic rings. The highest BCUT2D eigenvalue weighted by Gasteiger charge is 2.38. The fraction of sp³-hybridized carbons (Fsp3) is 0.391. The van der Waals surface area contributed by atoms with Gasteiger partial charge in [-0.05, 0) is 62.7 Å². The second kappa shape index (κ2) is 9.18. The van der Waals surface area contributed by atoms with E-state index in [9.17, 15) is 31.4 Å². The second-order valence-electron chi connectivity index (χ2n) is 8.59. The van der Waals surface area contributed by atoms with E-state index in [1.165, 1.54) is 28.9 Å². The number of halogens is 6. The summed E-state index contributed by atoms with van der Waals surface area (Å²) >= 11 is 0. The van der Waals surface area contributed by atoms with E-state index in [1.807, 2.05) is 6.07 Å². The van der Waals surface area contributed by atoms with Crippen LogP contribution in [0, 0.1) is 11.3 Å². The number of hydrogen-bond acceptors (Lipinski definition) is 6. The molecule has 0 bridgehead atoms. The van der Waals surface area contributed by atoms with Crippen LogP contribution in [0.1, 0.15) is 71.9 Å². The highest BCUT2D eigenvalue weighted by atomic mass is 19.4. The fourth-order valence-electron chi connectivity index (χ4n) is 3.63. The highest BCUT2D eigenvalue weighted by molar-refractivity contribution is 5.35. The molecule has 13 heteroatoms. The van der Waals surface area contributed by atoms with Gasteiger partial charge in [-0.3, -0.25) is 4.90 Å². The van der Waals surface area contributed by atoms with Crippen LogP contribution >= 0.6 is 0 Å². The van der Waals surface area contributed by atoms with Gasteiger partial charge in [-0.1, -0.05) is 0 Å². The van der Waals surface area contributed by atoms with Gasteiger partial charge in [0.2, 0.25) is 0 Å². The summed E-state index contributed by atoms with van der Waals surface area (Å²) in [5.74, 6) is 1.24. The zero-order valence-electron chi connectivity index (χ0n) is 19.0. The van der Waals surface area contributed by atoms with E-state index in [4.69, 9.17) is 5.26 Å². The van der Waals surface area contributed by atoms with E-state index in [0.29, 0.717) is 29.3 Å². The minimum Gasteiger partial charge on any atom is -0.374 e. The van der Waals surface area contributed by atoms with Crippen molar-refractivity contribution in [2.45, 2.75) is 50.3 Å². The third-order valence-electron chi connectivity index (χ3n) is 5.96. The van der Waals surface area contributed by atoms with Crippen molar-refractivity contribution in [2.24, 2.45) is 0 Å². The maximum atomic E-state index is 13.3. The first-order valence-electron chi connectivity index (χ1n) is 10.8. The molecule has 0 aliphatic heterocycles. The molecule has 0 saturated heterocycles. The van der Waals surface area contributed by atoms with Gasteiger partial charge in [-0.15, -0.1) is 5.10 Å². The molecule has 1 fully saturated rings. The lowest BCUT2D eigenvalue weighted by atomic mass is 10.0. The number of hydrogen-bond donors (Lipinski definition) is 1. The monoisotopic (exact) mass is 510 g/mol. The summed E-state index contributed by atoms with van der Waals surface area (Å²) in [5.41, 5.74) is -3.30. The maximum absolute atomic E-state index is 13.3. The molecule has 2 aromatic heterocycles. The smallest absolute Gasteiger partial charge is 0.374 e. The molecule has 1 N–H and O–H groups in total. The third kappa shape index (κ3) is 5.19. The Morgan fingerprint density at radius 1 is 1.08 bits per heavy atom. The Kier molecular flexibility index (Phi) is 6.52. The van der Waals surface area contributed by atoms with E-state index >= 15 is 0 Å². The number of benzene rings is 1. The van der Waals surface area contributed by atoms with Gasteiger partial charge in [-0.25, -0.2) is 9.97 Å². The average Bonchev–Trinajstić information content (AvgIpc) is 3.59. The van der Waals surface area contributed by atoms with Crippen molar-refractivity contribution in [1.82, 2.24) is 24.6 Å². The van der Waals surface area contributed by atoms with E-state index < -0.39 is 41.3 Å². The van der Waals surface area contributed by atoms with Crippen molar-refractivity contribution in [3.8, 4) is 11.9 Å². The predicted molar refractivity (Wildman–Crippen MR) is 113 cm³/mol. The van der Waals surface area contributed by atoms with E-state index in [0.717, 1.165) is 12.8 Å². The number of aliphatic hydroxyl groups is 1. The predicted octanol–water partition coefficient (Wildman–Crippen LogP) is 5.13. The molecule has 1 aromatic carbocycles. The second-order valence-corrected chi connectivity index (χ2v) is 8.59. The Labute approximate surface area is 201 Å². The lowest BCUT2D eigenvalue weighted by molar-refractivity contribution is -0.143. The highest BCUT2D eigenvalue weighted by Crippen LogP contribution is 2.41. The summed E-state index contributed by atoms with van der Waals surface area (Å²) in [6, 6.07) is 5.20. The molecule has 0 spiro atoms. The van der Waals surface area contributed by atoms with Crippen molar-refractivity contribution >= 4 is 0 Å². The Hall–Kier alpha value is -3.50. The van der Waals surface area contributed by atoms with Crippen LogP contribution in [0.5, 0.6) is 0 Å². The Balaban J connectivity index is 1.71. The van der Waals surface area contributed by atoms with Gasteiger partial charge in [-0.2, -0.15) is 36.3 Å². The van der Waals surface area contributed by atoms with Gasteiger partial charge < -0.3 is 5.11 Å². The Morgan fingerprint density at radius 3 is 2.17 bits per heavy atom. The molecular formula is C23H20F6N6O. The SMILES string of the molecule is CC(c1nc(C2CC2)nn1-c1ccc(C#N)cn1)N(C)C(O)c1cc(C(F)(F)F)cc(C(F)(F)F)c1. The van der Waals surface area contributed by atoms with Crippen molar-refractivity contribution in [1.29, 1.82) is 5.26 Å². The number of alkyl halides is 6. The van der Waals surface area contributed by atoms with Crippen molar-refractivity contribution < 1.29 is 31.4 Å². The third-order valence-corrected chi connectivity index (χ3v) is 5.96. The molecule has 1 aliphatic rings. The fourth-order valence-corrected chi connectivity index (χ4v) is 3.63. The normalized spacial score (nSPS) is 16.1. The van der Waals surface area contributed by atoms with Crippen LogP contribution in [-0.2, 0) is 12.4 Å². The molecule has 7 nitrogen and oxygen atoms in total. The van der Waals surface area contributed by atoms with E-state index in [-0.39, 0.29) is 17.8 Å². The van der Waals surface area contributed by atoms with Crippen molar-refractivity contribution in [2.75, 3.05) is 7.05 Å². The lowest BCUT2D eigenvalue weighted by Crippen LogP contribution is -2.30. The Morgan fingerprint density at radius 2 is 1.69 bits per heavy atom. The first kappa shape index (κ1) is 25.6. The Bertz CT molecular complexity index is 1260. The zero-order chi connectivity index (χ0) is 26.4. The van der Waals surface area contributed by atoms with E-state index in [2.05, 4.69) is 15.1 Å². The number of nitrogens with zero attached hydrogens (tertiary/aromatic N) is 6. The number of pyridine rings is 1. The van der Waals surface area contributed by atoms with Gasteiger partial charge in [0.1, 0.15) is 12.3 Å². The average molecular weight is 510 g/mol. The van der Waals surface area contributed by atoms with Crippen LogP contribution in [-0.4, -0.2) is 36.8 Å². The topological polar surface area (TPSA) is 90.9 Å². The molecule has 0 radical (unpaired) electrons. The molecule has 1 aliphatic carbocycles. The minimum atomic E-state index is -5.04. The maximum Gasteiger partial charge on any atom is 0.416 e. The van der Waals surface area contributed by atoms with Gasteiger partial charge in [0.25, 0.3) is 0 Å². The molecule has 190 valence electrons. The summed E-state index contributed by atoms with van der Waals surface area (Å²) < 4.78 is 81.1. The summed E-state index contributed by atoms with van der Waals surface area (Å²) in [6.07, 6.45) is -8.82. The number of aromatic nitrogens is 4. The van der Waals surface area contributed by atoms with Crippen molar-refractivity contribution in [3.05, 3.63) is 70.4 Å². The molecule has 4 rings (SSSR count). The molecule has 2 heterocycles. The summed E-state index contributed by atoms with van der Waals surface area (Å²) in [6.45, 7) is 1.59. The van der Waals surface area contributed by atoms with Crippen molar-refractivity contribution in [3.63, 3.8) is 0 Å². The van der Waals surface area contributed by atoms with Gasteiger partial charge in [0.15, 0.2) is 17.5 Å². The quantitative estimate of drug-likeness (QED) is 0.365. The molecule has 0 amide bonds. The van der Waals surface area contributed by atoms with Crippen LogP contribution in [0.3, 0.4) is 0 Å². The van der Waals surface area contributed by atoms with Crippen LogP contribution in [0.4, 0.5) is 26.3 Å². The number of nitriles is 1. The largest absolute Gasteiger partial charge is 0.416 e. The standard InChI is InChI=1S/C23H20F6N6O/c1-12(20-32-19(14-4-5-14)33-35(20)18-6-3-13(10-30)11-31-18)34(2)21(36)15-7-16(22(24,25)26)9-17(8-15)23(27,28)29/h3,6-9,11-12,14,21,36H,4-5H2,1-2H3. The molecular weight excluding hydrogens is 490 g/mol. The zero-order valence-corrected chi connectivity index (χ0v) is 19.0. The first-order valence-corrected chi connectivity index (χ1v) is 10.8. The lowest BCUT2D eigenvalue weighted by Gasteiger charge is -2.30. The van der Waals surface area contributed by atoms with E-state index in [1.54, 1.807) is 13.0 Å². The van der Waals surface area contributed by atoms with Gasteiger partial charge >= 0.3 is 12.4 Å². The summed E-state index contributed by atoms with van der Waals surface area (Å²) in [4.78, 5) is 9.93. The van der Waals surface area contributed by atoms with Gasteiger partial charge in [0.05, 0.1) is 22.7 Å². The summed E-state index contributed by atoms with van der Waals surface area (Å²) in [5, 5.41) is 24.3. The number of aliphatic hydroxyl groups excluding tert-OH is 1. The molecule has 2 unspecified atom stereocenters. The number of rotatable bonds is 6. The molecule has 1 saturated carbocycles. The molecule has 36 heavy (non-hydrogen) atoms. The van der Waals surface area contributed by atoms with Crippen LogP contribution in [0.2, 0.25) is 0 Å². The first-order chi connectivity index (χ1) is 16.8. The minimum absolute atomic E-state index is 0.00869. The van der Waals surface area contributed by atoms with Crippen LogP contribution < -0.4 is 0 Å². The summed E-state index contributed by atoms with van der Waals surface area (Å²) in [7, 11) is 1.35. The van der Waals surface area contributed by atoms with Crippen LogP contribution in [0.25, 0.3) is 5.82 Å². The molecule has 2 atom stereocenters. The van der Waals surface area contributed by atoms with Gasteiger partial charge in [0, 0.05) is 12.1 Å². The van der Waals surface area contributed by atoms with Crippen LogP contribution in [0.15, 0.2) is 36.5 Å².